The highest BCUT2D eigenvalue weighted by atomic mass is 16.5. The molecule has 0 aliphatic heterocycles. The van der Waals surface area contributed by atoms with Gasteiger partial charge >= 0.3 is 5.97 Å². The van der Waals surface area contributed by atoms with E-state index in [1.165, 1.54) is 23.9 Å². The third-order valence-corrected chi connectivity index (χ3v) is 3.75. The van der Waals surface area contributed by atoms with Crippen LogP contribution in [0.4, 0.5) is 5.69 Å². The molecule has 0 saturated carbocycles. The number of amides is 1. The van der Waals surface area contributed by atoms with E-state index in [0.717, 1.165) is 6.42 Å². The Morgan fingerprint density at radius 3 is 2.54 bits per heavy atom. The van der Waals surface area contributed by atoms with Crippen molar-refractivity contribution in [3.05, 3.63) is 64.1 Å². The lowest BCUT2D eigenvalue weighted by atomic mass is 9.99. The fourth-order valence-corrected chi connectivity index (χ4v) is 2.12. The minimum atomic E-state index is -0.834. The zero-order valence-corrected chi connectivity index (χ0v) is 13.7. The summed E-state index contributed by atoms with van der Waals surface area (Å²) in [4.78, 5) is 37.4. The van der Waals surface area contributed by atoms with Crippen molar-refractivity contribution in [1.82, 2.24) is 4.98 Å². The molecule has 2 rings (SSSR count). The number of carbonyl (C=O) groups excluding carboxylic acids is 2. The van der Waals surface area contributed by atoms with Crippen molar-refractivity contribution in [3.8, 4) is 0 Å². The standard InChI is InChI=1S/C18H20N2O4/c1-3-12(2)13-6-8-14(9-7-13)20-16(21)11-24-18(23)15-5-4-10-19-17(15)22/h4-10,12H,3,11H2,1-2H3,(H,19,22)(H,20,21)/t12-/m0/s1. The quantitative estimate of drug-likeness (QED) is 0.798. The summed E-state index contributed by atoms with van der Waals surface area (Å²) in [5.41, 5.74) is 1.14. The molecule has 2 N–H and O–H groups in total. The van der Waals surface area contributed by atoms with Gasteiger partial charge in [-0.2, -0.15) is 0 Å². The zero-order chi connectivity index (χ0) is 17.5. The first-order chi connectivity index (χ1) is 11.5. The van der Waals surface area contributed by atoms with Crippen molar-refractivity contribution in [2.75, 3.05) is 11.9 Å². The van der Waals surface area contributed by atoms with Gasteiger partial charge in [0.15, 0.2) is 6.61 Å². The number of ether oxygens (including phenoxy) is 1. The Kier molecular flexibility index (Phi) is 5.89. The summed E-state index contributed by atoms with van der Waals surface area (Å²) in [5.74, 6) is -0.842. The smallest absolute Gasteiger partial charge is 0.344 e. The molecule has 0 aliphatic carbocycles. The van der Waals surface area contributed by atoms with Crippen LogP contribution in [0, 0.1) is 0 Å². The number of carbonyl (C=O) groups is 2. The van der Waals surface area contributed by atoms with Crippen LogP contribution >= 0.6 is 0 Å². The first-order valence-corrected chi connectivity index (χ1v) is 7.76. The molecule has 24 heavy (non-hydrogen) atoms. The van der Waals surface area contributed by atoms with Gasteiger partial charge < -0.3 is 15.0 Å². The molecule has 0 bridgehead atoms. The van der Waals surface area contributed by atoms with E-state index < -0.39 is 24.0 Å². The van der Waals surface area contributed by atoms with Crippen LogP contribution in [0.3, 0.4) is 0 Å². The summed E-state index contributed by atoms with van der Waals surface area (Å²) >= 11 is 0. The van der Waals surface area contributed by atoms with Crippen LogP contribution in [0.25, 0.3) is 0 Å². The van der Waals surface area contributed by atoms with Gasteiger partial charge in [-0.1, -0.05) is 26.0 Å². The molecule has 0 radical (unpaired) electrons. The van der Waals surface area contributed by atoms with Gasteiger partial charge in [0.25, 0.3) is 11.5 Å². The molecular weight excluding hydrogens is 308 g/mol. The first-order valence-electron chi connectivity index (χ1n) is 7.76. The maximum Gasteiger partial charge on any atom is 0.344 e. The summed E-state index contributed by atoms with van der Waals surface area (Å²) in [6.45, 7) is 3.80. The average molecular weight is 328 g/mol. The Morgan fingerprint density at radius 2 is 1.92 bits per heavy atom. The molecule has 0 fully saturated rings. The second-order valence-corrected chi connectivity index (χ2v) is 5.47. The molecule has 126 valence electrons. The Labute approximate surface area is 139 Å². The van der Waals surface area contributed by atoms with Crippen LogP contribution in [-0.2, 0) is 9.53 Å². The number of H-pyrrole nitrogens is 1. The second-order valence-electron chi connectivity index (χ2n) is 5.47. The largest absolute Gasteiger partial charge is 0.452 e. The molecule has 0 saturated heterocycles. The van der Waals surface area contributed by atoms with Gasteiger partial charge in [-0.15, -0.1) is 0 Å². The fraction of sp³-hybridized carbons (Fsp3) is 0.278. The summed E-state index contributed by atoms with van der Waals surface area (Å²) in [7, 11) is 0. The topological polar surface area (TPSA) is 88.3 Å². The van der Waals surface area contributed by atoms with Crippen LogP contribution in [0.1, 0.15) is 42.1 Å². The van der Waals surface area contributed by atoms with Crippen LogP contribution in [0.2, 0.25) is 0 Å². The molecule has 6 nitrogen and oxygen atoms in total. The molecule has 1 aromatic carbocycles. The van der Waals surface area contributed by atoms with Crippen molar-refractivity contribution in [2.24, 2.45) is 0 Å². The molecule has 2 aromatic rings. The number of hydrogen-bond acceptors (Lipinski definition) is 4. The van der Waals surface area contributed by atoms with E-state index >= 15 is 0 Å². The summed E-state index contributed by atoms with van der Waals surface area (Å²) < 4.78 is 4.85. The number of hydrogen-bond donors (Lipinski definition) is 2. The summed E-state index contributed by atoms with van der Waals surface area (Å²) in [5, 5.41) is 2.65. The average Bonchev–Trinajstić information content (AvgIpc) is 2.60. The Hall–Kier alpha value is -2.89. The lowest BCUT2D eigenvalue weighted by Gasteiger charge is -2.10. The molecule has 1 heterocycles. The Morgan fingerprint density at radius 1 is 1.21 bits per heavy atom. The second kappa shape index (κ2) is 8.10. The molecule has 0 unspecified atom stereocenters. The first kappa shape index (κ1) is 17.5. The predicted molar refractivity (Wildman–Crippen MR) is 91.1 cm³/mol. The maximum atomic E-state index is 11.8. The summed E-state index contributed by atoms with van der Waals surface area (Å²) in [6, 6.07) is 10.4. The van der Waals surface area contributed by atoms with Crippen LogP contribution < -0.4 is 10.9 Å². The highest BCUT2D eigenvalue weighted by Crippen LogP contribution is 2.20. The maximum absolute atomic E-state index is 11.8. The van der Waals surface area contributed by atoms with Crippen LogP contribution in [-0.4, -0.2) is 23.5 Å². The van der Waals surface area contributed by atoms with Crippen molar-refractivity contribution >= 4 is 17.6 Å². The Balaban J connectivity index is 1.88. The number of aromatic nitrogens is 1. The van der Waals surface area contributed by atoms with E-state index in [1.54, 1.807) is 0 Å². The van der Waals surface area contributed by atoms with E-state index in [4.69, 9.17) is 4.74 Å². The van der Waals surface area contributed by atoms with E-state index in [0.29, 0.717) is 11.6 Å². The van der Waals surface area contributed by atoms with Crippen molar-refractivity contribution in [2.45, 2.75) is 26.2 Å². The molecule has 1 aromatic heterocycles. The van der Waals surface area contributed by atoms with Gasteiger partial charge in [0.2, 0.25) is 0 Å². The number of rotatable bonds is 6. The number of nitrogens with one attached hydrogen (secondary N) is 2. The van der Waals surface area contributed by atoms with E-state index in [-0.39, 0.29) is 5.56 Å². The van der Waals surface area contributed by atoms with Crippen molar-refractivity contribution < 1.29 is 14.3 Å². The third-order valence-electron chi connectivity index (χ3n) is 3.75. The van der Waals surface area contributed by atoms with Gasteiger partial charge in [0.1, 0.15) is 5.56 Å². The summed E-state index contributed by atoms with van der Waals surface area (Å²) in [6.07, 6.45) is 2.45. The number of pyridine rings is 1. The molecule has 0 aliphatic rings. The fourth-order valence-electron chi connectivity index (χ4n) is 2.12. The van der Waals surface area contributed by atoms with Crippen molar-refractivity contribution in [1.29, 1.82) is 0 Å². The van der Waals surface area contributed by atoms with Gasteiger partial charge in [-0.25, -0.2) is 4.79 Å². The monoisotopic (exact) mass is 328 g/mol. The minimum absolute atomic E-state index is 0.136. The highest BCUT2D eigenvalue weighted by Gasteiger charge is 2.13. The van der Waals surface area contributed by atoms with Crippen molar-refractivity contribution in [3.63, 3.8) is 0 Å². The van der Waals surface area contributed by atoms with Crippen LogP contribution in [0.15, 0.2) is 47.4 Å². The third kappa shape index (κ3) is 4.55. The SMILES string of the molecule is CC[C@H](C)c1ccc(NC(=O)COC(=O)c2ccc[nH]c2=O)cc1. The number of benzene rings is 1. The van der Waals surface area contributed by atoms with E-state index in [1.807, 2.05) is 24.3 Å². The Bertz CT molecular complexity index is 765. The van der Waals surface area contributed by atoms with Gasteiger partial charge in [-0.3, -0.25) is 9.59 Å². The lowest BCUT2D eigenvalue weighted by molar-refractivity contribution is -0.119. The number of esters is 1. The normalized spacial score (nSPS) is 11.6. The zero-order valence-electron chi connectivity index (χ0n) is 13.7. The van der Waals surface area contributed by atoms with Gasteiger partial charge in [0.05, 0.1) is 0 Å². The predicted octanol–water partition coefficient (Wildman–Crippen LogP) is 2.68. The van der Waals surface area contributed by atoms with Gasteiger partial charge in [-0.05, 0) is 42.2 Å². The van der Waals surface area contributed by atoms with Gasteiger partial charge in [0, 0.05) is 11.9 Å². The van der Waals surface area contributed by atoms with Crippen LogP contribution in [0.5, 0.6) is 0 Å². The number of aromatic amines is 1. The highest BCUT2D eigenvalue weighted by molar-refractivity contribution is 5.95. The van der Waals surface area contributed by atoms with E-state index in [9.17, 15) is 14.4 Å². The lowest BCUT2D eigenvalue weighted by Crippen LogP contribution is -2.24. The molecule has 1 amide bonds. The molecule has 0 spiro atoms. The molecular formula is C18H20N2O4. The number of anilines is 1. The van der Waals surface area contributed by atoms with E-state index in [2.05, 4.69) is 24.1 Å². The molecule has 6 heteroatoms. The minimum Gasteiger partial charge on any atom is -0.452 e. The molecule has 1 atom stereocenters.